The molecule has 1 aromatic heterocycles. The summed E-state index contributed by atoms with van der Waals surface area (Å²) < 4.78 is 0. The van der Waals surface area contributed by atoms with Crippen molar-refractivity contribution in [1.29, 1.82) is 0 Å². The smallest absolute Gasteiger partial charge is 0.233 e. The molecule has 7 heteroatoms. The number of allylic oxidation sites excluding steroid dienone is 2. The minimum atomic E-state index is -0.0951. The van der Waals surface area contributed by atoms with Gasteiger partial charge in [0.1, 0.15) is 0 Å². The summed E-state index contributed by atoms with van der Waals surface area (Å²) in [6.45, 7) is 4.73. The van der Waals surface area contributed by atoms with Gasteiger partial charge in [0.15, 0.2) is 5.96 Å². The molecule has 2 amide bonds. The van der Waals surface area contributed by atoms with Crippen molar-refractivity contribution in [1.82, 2.24) is 15.5 Å². The fraction of sp³-hybridized carbons (Fsp3) is 0.571. The highest BCUT2D eigenvalue weighted by Gasteiger charge is 2.58. The third kappa shape index (κ3) is 3.72. The molecule has 2 fully saturated rings. The summed E-state index contributed by atoms with van der Waals surface area (Å²) in [7, 11) is 0. The molecule has 2 bridgehead atoms. The molecular formula is C21H28N4O2S. The van der Waals surface area contributed by atoms with Gasteiger partial charge < -0.3 is 10.6 Å². The number of aliphatic imine (C=N–C) groups is 1. The average Bonchev–Trinajstić information content (AvgIpc) is 3.46. The number of nitrogens with one attached hydrogen (secondary N) is 2. The van der Waals surface area contributed by atoms with Crippen LogP contribution in [0.2, 0.25) is 0 Å². The van der Waals surface area contributed by atoms with Gasteiger partial charge in [0.05, 0.1) is 11.8 Å². The Kier molecular flexibility index (Phi) is 5.80. The third-order valence-electron chi connectivity index (χ3n) is 5.96. The van der Waals surface area contributed by atoms with E-state index in [0.717, 1.165) is 31.9 Å². The van der Waals surface area contributed by atoms with E-state index in [4.69, 9.17) is 0 Å². The van der Waals surface area contributed by atoms with Crippen LogP contribution in [0.1, 0.15) is 24.6 Å². The van der Waals surface area contributed by atoms with Crippen molar-refractivity contribution in [3.63, 3.8) is 0 Å². The second-order valence-electron chi connectivity index (χ2n) is 7.70. The molecule has 3 aliphatic rings. The SMILES string of the molecule is CCNC(=NCCCN1C(=O)C2C3C=CC(C3)C2C1=O)NCCc1cccs1. The Balaban J connectivity index is 1.24. The van der Waals surface area contributed by atoms with E-state index < -0.39 is 0 Å². The van der Waals surface area contributed by atoms with Gasteiger partial charge in [-0.05, 0) is 49.5 Å². The molecule has 1 aromatic rings. The van der Waals surface area contributed by atoms with Gasteiger partial charge in [-0.15, -0.1) is 11.3 Å². The molecule has 1 saturated heterocycles. The zero-order chi connectivity index (χ0) is 19.5. The molecule has 1 saturated carbocycles. The standard InChI is InChI=1S/C21H28N4O2S/c1-2-22-21(24-10-8-16-5-3-12-28-16)23-9-4-11-25-19(26)17-14-6-7-15(13-14)18(17)20(25)27/h3,5-7,12,14-15,17-18H,2,4,8-11,13H2,1H3,(H2,22,23,24). The summed E-state index contributed by atoms with van der Waals surface area (Å²) in [5, 5.41) is 8.68. The van der Waals surface area contributed by atoms with Gasteiger partial charge in [-0.3, -0.25) is 19.5 Å². The first kappa shape index (κ1) is 19.2. The first-order valence-corrected chi connectivity index (χ1v) is 11.1. The van der Waals surface area contributed by atoms with Crippen molar-refractivity contribution in [2.75, 3.05) is 26.2 Å². The van der Waals surface area contributed by atoms with Crippen molar-refractivity contribution >= 4 is 29.1 Å². The number of fused-ring (bicyclic) bond motifs is 5. The van der Waals surface area contributed by atoms with E-state index >= 15 is 0 Å². The predicted octanol–water partition coefficient (Wildman–Crippen LogP) is 2.04. The van der Waals surface area contributed by atoms with Crippen LogP contribution in [0.4, 0.5) is 0 Å². The molecule has 2 heterocycles. The Bertz CT molecular complexity index is 743. The molecular weight excluding hydrogens is 372 g/mol. The highest BCUT2D eigenvalue weighted by atomic mass is 32.1. The van der Waals surface area contributed by atoms with Crippen LogP contribution >= 0.6 is 11.3 Å². The van der Waals surface area contributed by atoms with Crippen molar-refractivity contribution in [2.45, 2.75) is 26.2 Å². The second kappa shape index (κ2) is 8.47. The van der Waals surface area contributed by atoms with Gasteiger partial charge in [-0.2, -0.15) is 0 Å². The minimum Gasteiger partial charge on any atom is -0.357 e. The summed E-state index contributed by atoms with van der Waals surface area (Å²) in [5.41, 5.74) is 0. The number of likely N-dealkylation sites (tertiary alicyclic amines) is 1. The summed E-state index contributed by atoms with van der Waals surface area (Å²) >= 11 is 1.76. The van der Waals surface area contributed by atoms with E-state index in [1.165, 1.54) is 9.78 Å². The number of amides is 2. The Morgan fingerprint density at radius 2 is 1.96 bits per heavy atom. The zero-order valence-electron chi connectivity index (χ0n) is 16.3. The van der Waals surface area contributed by atoms with Crippen LogP contribution in [0.25, 0.3) is 0 Å². The molecule has 2 N–H and O–H groups in total. The Labute approximate surface area is 170 Å². The Hall–Kier alpha value is -2.15. The summed E-state index contributed by atoms with van der Waals surface area (Å²) in [4.78, 5) is 32.8. The van der Waals surface area contributed by atoms with Crippen LogP contribution in [0.15, 0.2) is 34.7 Å². The first-order valence-electron chi connectivity index (χ1n) is 10.3. The lowest BCUT2D eigenvalue weighted by Crippen LogP contribution is -2.38. The van der Waals surface area contributed by atoms with E-state index in [2.05, 4.69) is 45.3 Å². The largest absolute Gasteiger partial charge is 0.357 e. The normalized spacial score (nSPS) is 28.3. The van der Waals surface area contributed by atoms with Crippen LogP contribution in [-0.2, 0) is 16.0 Å². The minimum absolute atomic E-state index is 0.0387. The summed E-state index contributed by atoms with van der Waals surface area (Å²) in [5.74, 6) is 1.24. The van der Waals surface area contributed by atoms with E-state index in [-0.39, 0.29) is 35.5 Å². The van der Waals surface area contributed by atoms with E-state index in [1.807, 2.05) is 6.92 Å². The lowest BCUT2D eigenvalue weighted by atomic mass is 9.85. The maximum Gasteiger partial charge on any atom is 0.233 e. The topological polar surface area (TPSA) is 73.8 Å². The second-order valence-corrected chi connectivity index (χ2v) is 8.73. The number of imide groups is 1. The van der Waals surface area contributed by atoms with Gasteiger partial charge in [0, 0.05) is 31.1 Å². The van der Waals surface area contributed by atoms with Crippen molar-refractivity contribution in [2.24, 2.45) is 28.7 Å². The lowest BCUT2D eigenvalue weighted by Gasteiger charge is -2.17. The van der Waals surface area contributed by atoms with Crippen LogP contribution in [0.5, 0.6) is 0 Å². The molecule has 2 aliphatic carbocycles. The van der Waals surface area contributed by atoms with Crippen LogP contribution < -0.4 is 10.6 Å². The maximum absolute atomic E-state index is 12.7. The zero-order valence-corrected chi connectivity index (χ0v) is 17.1. The summed E-state index contributed by atoms with van der Waals surface area (Å²) in [6.07, 6.45) is 6.91. The Morgan fingerprint density at radius 1 is 1.21 bits per heavy atom. The quantitative estimate of drug-likeness (QED) is 0.230. The number of nitrogens with zero attached hydrogens (tertiary/aromatic N) is 2. The van der Waals surface area contributed by atoms with Crippen LogP contribution in [0, 0.1) is 23.7 Å². The molecule has 0 aromatic carbocycles. The van der Waals surface area contributed by atoms with Crippen molar-refractivity contribution in [3.05, 3.63) is 34.5 Å². The number of carbonyl (C=O) groups is 2. The number of hydrogen-bond donors (Lipinski definition) is 2. The highest BCUT2D eigenvalue weighted by molar-refractivity contribution is 7.09. The molecule has 0 radical (unpaired) electrons. The molecule has 4 rings (SSSR count). The monoisotopic (exact) mass is 400 g/mol. The molecule has 4 atom stereocenters. The number of rotatable bonds is 8. The van der Waals surface area contributed by atoms with Gasteiger partial charge in [-0.1, -0.05) is 18.2 Å². The third-order valence-corrected chi connectivity index (χ3v) is 6.90. The predicted molar refractivity (Wildman–Crippen MR) is 111 cm³/mol. The van der Waals surface area contributed by atoms with Crippen molar-refractivity contribution < 1.29 is 9.59 Å². The number of carbonyl (C=O) groups excluding carboxylic acids is 2. The summed E-state index contributed by atoms with van der Waals surface area (Å²) in [6, 6.07) is 4.20. The molecule has 150 valence electrons. The maximum atomic E-state index is 12.7. The fourth-order valence-corrected chi connectivity index (χ4v) is 5.41. The highest BCUT2D eigenvalue weighted by Crippen LogP contribution is 2.52. The molecule has 0 spiro atoms. The van der Waals surface area contributed by atoms with E-state index in [9.17, 15) is 9.59 Å². The number of guanidine groups is 1. The lowest BCUT2D eigenvalue weighted by molar-refractivity contribution is -0.140. The van der Waals surface area contributed by atoms with Crippen LogP contribution in [-0.4, -0.2) is 48.9 Å². The molecule has 1 aliphatic heterocycles. The van der Waals surface area contributed by atoms with Gasteiger partial charge >= 0.3 is 0 Å². The van der Waals surface area contributed by atoms with Gasteiger partial charge in [0.2, 0.25) is 11.8 Å². The fourth-order valence-electron chi connectivity index (χ4n) is 4.70. The van der Waals surface area contributed by atoms with E-state index in [0.29, 0.717) is 19.5 Å². The van der Waals surface area contributed by atoms with Crippen LogP contribution in [0.3, 0.4) is 0 Å². The van der Waals surface area contributed by atoms with E-state index in [1.54, 1.807) is 11.3 Å². The number of hydrogen-bond acceptors (Lipinski definition) is 4. The van der Waals surface area contributed by atoms with Crippen molar-refractivity contribution in [3.8, 4) is 0 Å². The van der Waals surface area contributed by atoms with Gasteiger partial charge in [-0.25, -0.2) is 0 Å². The molecule has 4 unspecified atom stereocenters. The number of thiophene rings is 1. The first-order chi connectivity index (χ1) is 13.7. The van der Waals surface area contributed by atoms with Gasteiger partial charge in [0.25, 0.3) is 0 Å². The molecule has 28 heavy (non-hydrogen) atoms. The Morgan fingerprint density at radius 3 is 2.61 bits per heavy atom. The molecule has 6 nitrogen and oxygen atoms in total. The average molecular weight is 401 g/mol.